The third-order valence-electron chi connectivity index (χ3n) is 2.14. The highest BCUT2D eigenvalue weighted by atomic mass is 79.9. The van der Waals surface area contributed by atoms with Crippen LogP contribution in [0.1, 0.15) is 5.56 Å². The Morgan fingerprint density at radius 2 is 1.88 bits per heavy atom. The highest BCUT2D eigenvalue weighted by Crippen LogP contribution is 2.24. The predicted octanol–water partition coefficient (Wildman–Crippen LogP) is 3.24. The maximum absolute atomic E-state index is 12.2. The zero-order chi connectivity index (χ0) is 12.9. The summed E-state index contributed by atoms with van der Waals surface area (Å²) in [5.41, 5.74) is 0.868. The maximum Gasteiger partial charge on any atom is 0.405 e. The molecular weight excluding hydrogens is 297 g/mol. The van der Waals surface area contributed by atoms with Gasteiger partial charge in [-0.15, -0.1) is 0 Å². The summed E-state index contributed by atoms with van der Waals surface area (Å²) in [6.07, 6.45) is -4.47. The quantitative estimate of drug-likeness (QED) is 0.927. The van der Waals surface area contributed by atoms with Crippen molar-refractivity contribution in [3.05, 3.63) is 34.3 Å². The Labute approximate surface area is 106 Å². The first-order valence-electron chi connectivity index (χ1n) is 4.85. The van der Waals surface area contributed by atoms with E-state index in [0.717, 1.165) is 10.0 Å². The highest BCUT2D eigenvalue weighted by Gasteiger charge is 2.39. The molecule has 0 heterocycles. The minimum Gasteiger partial charge on any atom is -0.311 e. The van der Waals surface area contributed by atoms with Crippen LogP contribution >= 0.6 is 15.9 Å². The van der Waals surface area contributed by atoms with Crippen molar-refractivity contribution < 1.29 is 13.2 Å². The van der Waals surface area contributed by atoms with E-state index in [-0.39, 0.29) is 0 Å². The van der Waals surface area contributed by atoms with Crippen molar-refractivity contribution in [1.82, 2.24) is 5.32 Å². The fraction of sp³-hybridized carbons (Fsp3) is 0.364. The van der Waals surface area contributed by atoms with E-state index in [1.165, 1.54) is 6.07 Å². The molecule has 0 amide bonds. The van der Waals surface area contributed by atoms with E-state index in [2.05, 4.69) is 21.2 Å². The normalized spacial score (nSPS) is 13.1. The third kappa shape index (κ3) is 4.75. The van der Waals surface area contributed by atoms with Gasteiger partial charge in [0.15, 0.2) is 5.92 Å². The molecule has 1 aromatic rings. The van der Waals surface area contributed by atoms with Gasteiger partial charge in [0.1, 0.15) is 0 Å². The SMILES string of the molecule is N#CC(CNCc1ccc(Br)cc1)C(F)(F)F. The van der Waals surface area contributed by atoms with Gasteiger partial charge >= 0.3 is 6.18 Å². The molecule has 1 unspecified atom stereocenters. The number of nitriles is 1. The monoisotopic (exact) mass is 306 g/mol. The topological polar surface area (TPSA) is 35.8 Å². The summed E-state index contributed by atoms with van der Waals surface area (Å²) < 4.78 is 37.6. The van der Waals surface area contributed by atoms with E-state index >= 15 is 0 Å². The predicted molar refractivity (Wildman–Crippen MR) is 61.0 cm³/mol. The van der Waals surface area contributed by atoms with Crippen LogP contribution in [0.3, 0.4) is 0 Å². The summed E-state index contributed by atoms with van der Waals surface area (Å²) >= 11 is 3.26. The van der Waals surface area contributed by atoms with Gasteiger partial charge in [0.25, 0.3) is 0 Å². The van der Waals surface area contributed by atoms with E-state index in [0.29, 0.717) is 6.54 Å². The van der Waals surface area contributed by atoms with Crippen molar-refractivity contribution in [2.45, 2.75) is 12.7 Å². The second-order valence-electron chi connectivity index (χ2n) is 3.48. The Morgan fingerprint density at radius 3 is 2.35 bits per heavy atom. The number of nitrogens with zero attached hydrogens (tertiary/aromatic N) is 1. The molecular formula is C11H10BrF3N2. The van der Waals surface area contributed by atoms with E-state index in [1.54, 1.807) is 12.1 Å². The number of hydrogen-bond acceptors (Lipinski definition) is 2. The van der Waals surface area contributed by atoms with Gasteiger partial charge in [-0.25, -0.2) is 0 Å². The maximum atomic E-state index is 12.2. The van der Waals surface area contributed by atoms with Crippen LogP contribution in [0.15, 0.2) is 28.7 Å². The second kappa shape index (κ2) is 6.03. The van der Waals surface area contributed by atoms with Crippen LogP contribution in [0.4, 0.5) is 13.2 Å². The summed E-state index contributed by atoms with van der Waals surface area (Å²) in [5.74, 6) is -1.96. The largest absolute Gasteiger partial charge is 0.405 e. The van der Waals surface area contributed by atoms with Crippen molar-refractivity contribution in [3.63, 3.8) is 0 Å². The number of alkyl halides is 3. The average Bonchev–Trinajstić information content (AvgIpc) is 2.25. The van der Waals surface area contributed by atoms with E-state index in [9.17, 15) is 13.2 Å². The lowest BCUT2D eigenvalue weighted by Crippen LogP contribution is -2.32. The fourth-order valence-corrected chi connectivity index (χ4v) is 1.46. The van der Waals surface area contributed by atoms with Crippen LogP contribution in [0.5, 0.6) is 0 Å². The Balaban J connectivity index is 2.42. The molecule has 0 saturated carbocycles. The number of halogens is 4. The first-order valence-corrected chi connectivity index (χ1v) is 5.64. The third-order valence-corrected chi connectivity index (χ3v) is 2.67. The number of nitrogens with one attached hydrogen (secondary N) is 1. The van der Waals surface area contributed by atoms with Crippen LogP contribution in [0, 0.1) is 17.2 Å². The lowest BCUT2D eigenvalue weighted by atomic mass is 10.1. The van der Waals surface area contributed by atoms with Gasteiger partial charge < -0.3 is 5.32 Å². The van der Waals surface area contributed by atoms with Crippen molar-refractivity contribution in [1.29, 1.82) is 5.26 Å². The zero-order valence-electron chi connectivity index (χ0n) is 8.76. The molecule has 0 aromatic heterocycles. The van der Waals surface area contributed by atoms with Crippen molar-refractivity contribution in [2.75, 3.05) is 6.54 Å². The van der Waals surface area contributed by atoms with Gasteiger partial charge in [-0.05, 0) is 17.7 Å². The number of rotatable bonds is 4. The lowest BCUT2D eigenvalue weighted by molar-refractivity contribution is -0.157. The Morgan fingerprint density at radius 1 is 1.29 bits per heavy atom. The molecule has 1 N–H and O–H groups in total. The minimum atomic E-state index is -4.47. The molecule has 92 valence electrons. The van der Waals surface area contributed by atoms with E-state index in [1.807, 2.05) is 12.1 Å². The molecule has 1 atom stereocenters. The van der Waals surface area contributed by atoms with Crippen molar-refractivity contribution in [3.8, 4) is 6.07 Å². The molecule has 0 bridgehead atoms. The van der Waals surface area contributed by atoms with Crippen LogP contribution in [-0.4, -0.2) is 12.7 Å². The molecule has 0 radical (unpaired) electrons. The summed E-state index contributed by atoms with van der Waals surface area (Å²) in [5, 5.41) is 11.0. The molecule has 1 aromatic carbocycles. The molecule has 0 spiro atoms. The van der Waals surface area contributed by atoms with Gasteiger partial charge in [0.2, 0.25) is 0 Å². The van der Waals surface area contributed by atoms with E-state index in [4.69, 9.17) is 5.26 Å². The number of hydrogen-bond donors (Lipinski definition) is 1. The standard InChI is InChI=1S/C11H10BrF3N2/c12-10-3-1-8(2-4-10)6-17-7-9(5-16)11(13,14)15/h1-4,9,17H,6-7H2. The van der Waals surface area contributed by atoms with Crippen LogP contribution < -0.4 is 5.32 Å². The van der Waals surface area contributed by atoms with E-state index < -0.39 is 18.6 Å². The molecule has 0 saturated heterocycles. The molecule has 1 rings (SSSR count). The lowest BCUT2D eigenvalue weighted by Gasteiger charge is -2.13. The van der Waals surface area contributed by atoms with Gasteiger partial charge in [0.05, 0.1) is 6.07 Å². The number of benzene rings is 1. The molecule has 0 aliphatic carbocycles. The second-order valence-corrected chi connectivity index (χ2v) is 4.40. The molecule has 2 nitrogen and oxygen atoms in total. The molecule has 0 aliphatic heterocycles. The van der Waals surface area contributed by atoms with Crippen molar-refractivity contribution in [2.24, 2.45) is 5.92 Å². The summed E-state index contributed by atoms with van der Waals surface area (Å²) in [4.78, 5) is 0. The summed E-state index contributed by atoms with van der Waals surface area (Å²) in [7, 11) is 0. The fourth-order valence-electron chi connectivity index (χ4n) is 1.20. The summed E-state index contributed by atoms with van der Waals surface area (Å²) in [6, 6.07) is 8.45. The van der Waals surface area contributed by atoms with Crippen molar-refractivity contribution >= 4 is 15.9 Å². The Kier molecular flexibility index (Phi) is 4.97. The van der Waals surface area contributed by atoms with Gasteiger partial charge in [0, 0.05) is 17.6 Å². The Hall–Kier alpha value is -1.06. The van der Waals surface area contributed by atoms with Crippen LogP contribution in [0.25, 0.3) is 0 Å². The molecule has 6 heteroatoms. The van der Waals surface area contributed by atoms with Gasteiger partial charge in [-0.1, -0.05) is 28.1 Å². The van der Waals surface area contributed by atoms with Gasteiger partial charge in [-0.2, -0.15) is 18.4 Å². The highest BCUT2D eigenvalue weighted by molar-refractivity contribution is 9.10. The summed E-state index contributed by atoms with van der Waals surface area (Å²) in [6.45, 7) is -0.0857. The van der Waals surface area contributed by atoms with Crippen LogP contribution in [0.2, 0.25) is 0 Å². The molecule has 17 heavy (non-hydrogen) atoms. The van der Waals surface area contributed by atoms with Gasteiger partial charge in [-0.3, -0.25) is 0 Å². The first-order chi connectivity index (χ1) is 7.93. The molecule has 0 fully saturated rings. The minimum absolute atomic E-state index is 0.307. The zero-order valence-corrected chi connectivity index (χ0v) is 10.3. The smallest absolute Gasteiger partial charge is 0.311 e. The Bertz CT molecular complexity index is 395. The first kappa shape index (κ1) is 14.0. The van der Waals surface area contributed by atoms with Crippen LogP contribution in [-0.2, 0) is 6.54 Å². The average molecular weight is 307 g/mol. The molecule has 0 aliphatic rings.